The van der Waals surface area contributed by atoms with E-state index in [0.717, 1.165) is 28.5 Å². The van der Waals surface area contributed by atoms with Crippen LogP contribution in [0.2, 0.25) is 0 Å². The summed E-state index contributed by atoms with van der Waals surface area (Å²) in [6, 6.07) is 14.8. The highest BCUT2D eigenvalue weighted by Crippen LogP contribution is 2.28. The number of nitrogens with zero attached hydrogens (tertiary/aromatic N) is 1. The van der Waals surface area contributed by atoms with Crippen LogP contribution >= 0.6 is 0 Å². The molecule has 2 aromatic carbocycles. The van der Waals surface area contributed by atoms with E-state index in [4.69, 9.17) is 9.47 Å². The number of rotatable bonds is 4. The first-order chi connectivity index (χ1) is 10.7. The lowest BCUT2D eigenvalue weighted by Crippen LogP contribution is -1.95. The van der Waals surface area contributed by atoms with Gasteiger partial charge in [-0.05, 0) is 43.3 Å². The van der Waals surface area contributed by atoms with Gasteiger partial charge in [-0.2, -0.15) is 0 Å². The second-order valence-corrected chi connectivity index (χ2v) is 4.97. The summed E-state index contributed by atoms with van der Waals surface area (Å²) in [5.41, 5.74) is 2.29. The predicted molar refractivity (Wildman–Crippen MR) is 84.9 cm³/mol. The quantitative estimate of drug-likeness (QED) is 0.678. The minimum absolute atomic E-state index is 0.302. The second-order valence-electron chi connectivity index (χ2n) is 4.97. The Kier molecular flexibility index (Phi) is 3.74. The Bertz CT molecular complexity index is 826. The molecule has 0 saturated heterocycles. The van der Waals surface area contributed by atoms with Crippen LogP contribution in [-0.2, 0) is 0 Å². The van der Waals surface area contributed by atoms with Gasteiger partial charge < -0.3 is 9.47 Å². The third kappa shape index (κ3) is 2.76. The molecule has 0 aliphatic carbocycles. The van der Waals surface area contributed by atoms with Crippen LogP contribution in [0.5, 0.6) is 17.4 Å². The molecule has 0 fully saturated rings. The Morgan fingerprint density at radius 2 is 1.73 bits per heavy atom. The lowest BCUT2D eigenvalue weighted by atomic mass is 10.1. The summed E-state index contributed by atoms with van der Waals surface area (Å²) in [4.78, 5) is 15.7. The average molecular weight is 293 g/mol. The molecule has 0 saturated carbocycles. The molecule has 0 atom stereocenters. The third-order valence-corrected chi connectivity index (χ3v) is 3.38. The average Bonchev–Trinajstić information content (AvgIpc) is 2.55. The zero-order valence-corrected chi connectivity index (χ0v) is 12.4. The number of carbonyl (C=O) groups is 1. The van der Waals surface area contributed by atoms with E-state index in [1.165, 1.54) is 0 Å². The van der Waals surface area contributed by atoms with Crippen molar-refractivity contribution in [2.75, 3.05) is 7.11 Å². The van der Waals surface area contributed by atoms with Crippen LogP contribution < -0.4 is 9.47 Å². The molecule has 4 heteroatoms. The van der Waals surface area contributed by atoms with E-state index in [1.54, 1.807) is 13.2 Å². The molecule has 0 aliphatic rings. The van der Waals surface area contributed by atoms with Gasteiger partial charge in [-0.25, -0.2) is 4.98 Å². The number of methoxy groups -OCH3 is 1. The fraction of sp³-hybridized carbons (Fsp3) is 0.111. The molecule has 0 N–H and O–H groups in total. The standard InChI is InChI=1S/C18H15NO3/c1-12-3-5-15(6-4-12)22-18-14(11-20)9-13-10-16(21-2)7-8-17(13)19-18/h3-11H,1-2H3. The maximum absolute atomic E-state index is 11.3. The van der Waals surface area contributed by atoms with Crippen molar-refractivity contribution in [3.8, 4) is 17.4 Å². The Morgan fingerprint density at radius 3 is 2.41 bits per heavy atom. The van der Waals surface area contributed by atoms with Crippen molar-refractivity contribution in [3.63, 3.8) is 0 Å². The van der Waals surface area contributed by atoms with Crippen molar-refractivity contribution in [3.05, 3.63) is 59.7 Å². The molecule has 3 aromatic rings. The van der Waals surface area contributed by atoms with Crippen LogP contribution in [0.3, 0.4) is 0 Å². The molecule has 110 valence electrons. The summed E-state index contributed by atoms with van der Waals surface area (Å²) in [5, 5.41) is 0.831. The first kappa shape index (κ1) is 14.1. The van der Waals surface area contributed by atoms with Gasteiger partial charge >= 0.3 is 0 Å². The zero-order valence-electron chi connectivity index (χ0n) is 12.4. The Hall–Kier alpha value is -2.88. The van der Waals surface area contributed by atoms with E-state index in [0.29, 0.717) is 17.2 Å². The Balaban J connectivity index is 2.04. The van der Waals surface area contributed by atoms with Crippen LogP contribution in [0.25, 0.3) is 10.9 Å². The lowest BCUT2D eigenvalue weighted by molar-refractivity contribution is 0.112. The molecule has 0 unspecified atom stereocenters. The summed E-state index contributed by atoms with van der Waals surface area (Å²) in [7, 11) is 1.60. The molecule has 0 aliphatic heterocycles. The summed E-state index contributed by atoms with van der Waals surface area (Å²) in [5.74, 6) is 1.67. The summed E-state index contributed by atoms with van der Waals surface area (Å²) >= 11 is 0. The molecular formula is C18H15NO3. The van der Waals surface area contributed by atoms with Crippen LogP contribution in [0.4, 0.5) is 0 Å². The normalized spacial score (nSPS) is 10.5. The van der Waals surface area contributed by atoms with Gasteiger partial charge in [0.1, 0.15) is 11.5 Å². The van der Waals surface area contributed by atoms with Gasteiger partial charge in [0.25, 0.3) is 0 Å². The fourth-order valence-electron chi connectivity index (χ4n) is 2.16. The number of benzene rings is 2. The van der Waals surface area contributed by atoms with Gasteiger partial charge in [0.2, 0.25) is 5.88 Å². The van der Waals surface area contributed by atoms with Crippen molar-refractivity contribution < 1.29 is 14.3 Å². The van der Waals surface area contributed by atoms with E-state index in [1.807, 2.05) is 49.4 Å². The van der Waals surface area contributed by atoms with Crippen molar-refractivity contribution in [2.45, 2.75) is 6.92 Å². The minimum Gasteiger partial charge on any atom is -0.497 e. The Morgan fingerprint density at radius 1 is 1.00 bits per heavy atom. The maximum Gasteiger partial charge on any atom is 0.230 e. The molecule has 1 aromatic heterocycles. The lowest BCUT2D eigenvalue weighted by Gasteiger charge is -2.09. The molecular weight excluding hydrogens is 278 g/mol. The number of hydrogen-bond donors (Lipinski definition) is 0. The van der Waals surface area contributed by atoms with E-state index in [2.05, 4.69) is 4.98 Å². The highest BCUT2D eigenvalue weighted by Gasteiger charge is 2.09. The smallest absolute Gasteiger partial charge is 0.230 e. The maximum atomic E-state index is 11.3. The zero-order chi connectivity index (χ0) is 15.5. The van der Waals surface area contributed by atoms with Crippen molar-refractivity contribution in [1.29, 1.82) is 0 Å². The van der Waals surface area contributed by atoms with Crippen LogP contribution in [0.1, 0.15) is 15.9 Å². The number of hydrogen-bond acceptors (Lipinski definition) is 4. The molecule has 0 bridgehead atoms. The predicted octanol–water partition coefficient (Wildman–Crippen LogP) is 4.16. The first-order valence-corrected chi connectivity index (χ1v) is 6.88. The monoisotopic (exact) mass is 293 g/mol. The number of pyridine rings is 1. The van der Waals surface area contributed by atoms with E-state index in [9.17, 15) is 4.79 Å². The Labute approximate surface area is 128 Å². The topological polar surface area (TPSA) is 48.4 Å². The molecule has 22 heavy (non-hydrogen) atoms. The molecule has 1 heterocycles. The van der Waals surface area contributed by atoms with Crippen molar-refractivity contribution >= 4 is 17.2 Å². The van der Waals surface area contributed by atoms with Gasteiger partial charge in [-0.15, -0.1) is 0 Å². The first-order valence-electron chi connectivity index (χ1n) is 6.88. The van der Waals surface area contributed by atoms with Crippen LogP contribution in [0.15, 0.2) is 48.5 Å². The molecule has 0 spiro atoms. The van der Waals surface area contributed by atoms with Gasteiger partial charge in [-0.1, -0.05) is 17.7 Å². The molecule has 0 amide bonds. The van der Waals surface area contributed by atoms with Crippen molar-refractivity contribution in [2.24, 2.45) is 0 Å². The number of aryl methyl sites for hydroxylation is 1. The minimum atomic E-state index is 0.302. The molecule has 4 nitrogen and oxygen atoms in total. The van der Waals surface area contributed by atoms with E-state index < -0.39 is 0 Å². The second kappa shape index (κ2) is 5.85. The van der Waals surface area contributed by atoms with Gasteiger partial charge in [0, 0.05) is 5.39 Å². The van der Waals surface area contributed by atoms with Gasteiger partial charge in [0.15, 0.2) is 6.29 Å². The summed E-state index contributed by atoms with van der Waals surface area (Å²) < 4.78 is 10.9. The van der Waals surface area contributed by atoms with Crippen LogP contribution in [0, 0.1) is 6.92 Å². The third-order valence-electron chi connectivity index (χ3n) is 3.38. The number of aldehydes is 1. The number of ether oxygens (including phenoxy) is 2. The number of aromatic nitrogens is 1. The van der Waals surface area contributed by atoms with Crippen LogP contribution in [-0.4, -0.2) is 18.4 Å². The van der Waals surface area contributed by atoms with Gasteiger partial charge in [0.05, 0.1) is 18.2 Å². The van der Waals surface area contributed by atoms with E-state index >= 15 is 0 Å². The van der Waals surface area contributed by atoms with Crippen molar-refractivity contribution in [1.82, 2.24) is 4.98 Å². The SMILES string of the molecule is COc1ccc2nc(Oc3ccc(C)cc3)c(C=O)cc2c1. The number of fused-ring (bicyclic) bond motifs is 1. The summed E-state index contributed by atoms with van der Waals surface area (Å²) in [6.07, 6.45) is 0.745. The molecule has 0 radical (unpaired) electrons. The summed E-state index contributed by atoms with van der Waals surface area (Å²) in [6.45, 7) is 2.00. The highest BCUT2D eigenvalue weighted by molar-refractivity contribution is 5.89. The largest absolute Gasteiger partial charge is 0.497 e. The number of carbonyl (C=O) groups excluding carboxylic acids is 1. The highest BCUT2D eigenvalue weighted by atomic mass is 16.5. The molecule has 3 rings (SSSR count). The fourth-order valence-corrected chi connectivity index (χ4v) is 2.16. The van der Waals surface area contributed by atoms with E-state index in [-0.39, 0.29) is 0 Å². The van der Waals surface area contributed by atoms with Gasteiger partial charge in [-0.3, -0.25) is 4.79 Å².